The van der Waals surface area contributed by atoms with Gasteiger partial charge >= 0.3 is 0 Å². The first kappa shape index (κ1) is 19.2. The van der Waals surface area contributed by atoms with E-state index in [1.54, 1.807) is 42.7 Å². The van der Waals surface area contributed by atoms with Gasteiger partial charge in [-0.2, -0.15) is 0 Å². The molecule has 0 aliphatic carbocycles. The normalized spacial score (nSPS) is 16.2. The maximum atomic E-state index is 12.9. The fourth-order valence-electron chi connectivity index (χ4n) is 3.16. The Morgan fingerprint density at radius 2 is 1.89 bits per heavy atom. The number of benzene rings is 1. The third-order valence-electron chi connectivity index (χ3n) is 4.43. The topological polar surface area (TPSA) is 99.7 Å². The number of nitrogens with zero attached hydrogens (tertiary/aromatic N) is 3. The molecular formula is C20H20N4O4. The lowest BCUT2D eigenvalue weighted by atomic mass is 10.1. The zero-order chi connectivity index (χ0) is 20.3. The summed E-state index contributed by atoms with van der Waals surface area (Å²) in [6.07, 6.45) is 3.17. The van der Waals surface area contributed by atoms with Gasteiger partial charge in [0.15, 0.2) is 0 Å². The highest BCUT2D eigenvalue weighted by Gasteiger charge is 2.43. The van der Waals surface area contributed by atoms with Crippen LogP contribution in [0.25, 0.3) is 0 Å². The van der Waals surface area contributed by atoms with E-state index in [9.17, 15) is 19.2 Å². The number of imide groups is 1. The fourth-order valence-corrected chi connectivity index (χ4v) is 3.16. The van der Waals surface area contributed by atoms with Crippen LogP contribution in [0.15, 0.2) is 48.8 Å². The number of nitrogens with one attached hydrogen (secondary N) is 1. The zero-order valence-corrected chi connectivity index (χ0v) is 15.6. The fraction of sp³-hybridized carbons (Fsp3) is 0.250. The van der Waals surface area contributed by atoms with Crippen LogP contribution in [0.2, 0.25) is 0 Å². The highest BCUT2D eigenvalue weighted by atomic mass is 16.2. The molecule has 8 nitrogen and oxygen atoms in total. The molecule has 3 rings (SSSR count). The van der Waals surface area contributed by atoms with Crippen LogP contribution in [0.3, 0.4) is 0 Å². The lowest BCUT2D eigenvalue weighted by Gasteiger charge is -2.26. The Balaban J connectivity index is 1.81. The van der Waals surface area contributed by atoms with E-state index < -0.39 is 11.9 Å². The second-order valence-corrected chi connectivity index (χ2v) is 6.52. The Hall–Kier alpha value is -3.55. The number of rotatable bonds is 5. The third kappa shape index (κ3) is 4.06. The first-order valence-corrected chi connectivity index (χ1v) is 8.77. The number of amides is 4. The maximum absolute atomic E-state index is 12.9. The second kappa shape index (κ2) is 7.99. The number of hydrogen-bond acceptors (Lipinski definition) is 5. The van der Waals surface area contributed by atoms with Gasteiger partial charge in [-0.15, -0.1) is 0 Å². The number of anilines is 2. The molecule has 8 heteroatoms. The Kier molecular flexibility index (Phi) is 5.49. The van der Waals surface area contributed by atoms with E-state index in [2.05, 4.69) is 10.3 Å². The molecule has 0 spiro atoms. The predicted molar refractivity (Wildman–Crippen MR) is 102 cm³/mol. The minimum absolute atomic E-state index is 0.0773. The van der Waals surface area contributed by atoms with E-state index in [1.807, 2.05) is 6.07 Å². The summed E-state index contributed by atoms with van der Waals surface area (Å²) in [6, 6.07) is 9.10. The van der Waals surface area contributed by atoms with Crippen molar-refractivity contribution in [2.24, 2.45) is 0 Å². The average Bonchev–Trinajstić information content (AvgIpc) is 2.95. The van der Waals surface area contributed by atoms with E-state index in [1.165, 1.54) is 18.7 Å². The maximum Gasteiger partial charge on any atom is 0.257 e. The van der Waals surface area contributed by atoms with Crippen LogP contribution in [-0.4, -0.2) is 39.6 Å². The van der Waals surface area contributed by atoms with Crippen LogP contribution in [0.4, 0.5) is 11.4 Å². The summed E-state index contributed by atoms with van der Waals surface area (Å²) in [5.74, 6) is -1.33. The van der Waals surface area contributed by atoms with Crippen molar-refractivity contribution in [3.05, 3.63) is 54.4 Å². The smallest absolute Gasteiger partial charge is 0.257 e. The Morgan fingerprint density at radius 3 is 2.46 bits per heavy atom. The lowest BCUT2D eigenvalue weighted by Crippen LogP contribution is -2.44. The Morgan fingerprint density at radius 1 is 1.18 bits per heavy atom. The summed E-state index contributed by atoms with van der Waals surface area (Å²) < 4.78 is 0. The summed E-state index contributed by atoms with van der Waals surface area (Å²) in [4.78, 5) is 55.2. The van der Waals surface area contributed by atoms with Crippen LogP contribution >= 0.6 is 0 Å². The third-order valence-corrected chi connectivity index (χ3v) is 4.43. The quantitative estimate of drug-likeness (QED) is 0.796. The van der Waals surface area contributed by atoms with Crippen molar-refractivity contribution in [3.8, 4) is 0 Å². The van der Waals surface area contributed by atoms with Crippen molar-refractivity contribution in [1.82, 2.24) is 9.88 Å². The highest BCUT2D eigenvalue weighted by molar-refractivity contribution is 6.23. The number of hydrogen-bond donors (Lipinski definition) is 1. The largest absolute Gasteiger partial charge is 0.326 e. The van der Waals surface area contributed by atoms with Gasteiger partial charge in [0, 0.05) is 38.5 Å². The summed E-state index contributed by atoms with van der Waals surface area (Å²) in [5, 5.41) is 2.63. The second-order valence-electron chi connectivity index (χ2n) is 6.52. The zero-order valence-electron chi connectivity index (χ0n) is 15.6. The monoisotopic (exact) mass is 380 g/mol. The molecule has 1 aromatic heterocycles. The SMILES string of the molecule is CC(=O)Nc1ccc(N2C(=O)CC(N(Cc3cccnc3)C(C)=O)C2=O)cc1. The van der Waals surface area contributed by atoms with Crippen LogP contribution in [0.5, 0.6) is 0 Å². The molecule has 2 aromatic rings. The van der Waals surface area contributed by atoms with Gasteiger partial charge in [0.1, 0.15) is 6.04 Å². The van der Waals surface area contributed by atoms with Gasteiger partial charge in [0.2, 0.25) is 17.7 Å². The number of carbonyl (C=O) groups excluding carboxylic acids is 4. The summed E-state index contributed by atoms with van der Waals surface area (Å²) in [6.45, 7) is 2.96. The highest BCUT2D eigenvalue weighted by Crippen LogP contribution is 2.27. The van der Waals surface area contributed by atoms with Crippen LogP contribution in [-0.2, 0) is 25.7 Å². The van der Waals surface area contributed by atoms with Gasteiger partial charge in [-0.3, -0.25) is 24.2 Å². The minimum Gasteiger partial charge on any atom is -0.326 e. The summed E-state index contributed by atoms with van der Waals surface area (Å²) >= 11 is 0. The van der Waals surface area contributed by atoms with Crippen molar-refractivity contribution in [2.75, 3.05) is 10.2 Å². The van der Waals surface area contributed by atoms with Crippen molar-refractivity contribution in [1.29, 1.82) is 0 Å². The number of carbonyl (C=O) groups is 4. The summed E-state index contributed by atoms with van der Waals surface area (Å²) in [5.41, 5.74) is 1.74. The molecule has 1 aliphatic rings. The molecule has 0 radical (unpaired) electrons. The van der Waals surface area contributed by atoms with E-state index in [4.69, 9.17) is 0 Å². The molecule has 28 heavy (non-hydrogen) atoms. The van der Waals surface area contributed by atoms with E-state index in [-0.39, 0.29) is 30.7 Å². The van der Waals surface area contributed by atoms with Gasteiger partial charge in [-0.25, -0.2) is 4.90 Å². The van der Waals surface area contributed by atoms with Crippen molar-refractivity contribution in [2.45, 2.75) is 32.9 Å². The van der Waals surface area contributed by atoms with Crippen molar-refractivity contribution >= 4 is 35.0 Å². The van der Waals surface area contributed by atoms with Crippen LogP contribution < -0.4 is 10.2 Å². The summed E-state index contributed by atoms with van der Waals surface area (Å²) in [7, 11) is 0. The molecule has 2 heterocycles. The van der Waals surface area contributed by atoms with E-state index >= 15 is 0 Å². The Bertz CT molecular complexity index is 912. The minimum atomic E-state index is -0.861. The molecule has 1 unspecified atom stereocenters. The van der Waals surface area contributed by atoms with Gasteiger partial charge in [0.05, 0.1) is 12.1 Å². The van der Waals surface area contributed by atoms with Gasteiger partial charge in [-0.1, -0.05) is 6.07 Å². The average molecular weight is 380 g/mol. The molecule has 1 fully saturated rings. The van der Waals surface area contributed by atoms with Gasteiger partial charge in [0.25, 0.3) is 5.91 Å². The predicted octanol–water partition coefficient (Wildman–Crippen LogP) is 1.72. The van der Waals surface area contributed by atoms with E-state index in [0.29, 0.717) is 11.4 Å². The molecule has 1 atom stereocenters. The molecule has 1 saturated heterocycles. The molecule has 4 amide bonds. The molecule has 0 saturated carbocycles. The van der Waals surface area contributed by atoms with Crippen LogP contribution in [0.1, 0.15) is 25.8 Å². The molecule has 0 bridgehead atoms. The van der Waals surface area contributed by atoms with Crippen molar-refractivity contribution < 1.29 is 19.2 Å². The molecular weight excluding hydrogens is 360 g/mol. The number of aromatic nitrogens is 1. The molecule has 1 N–H and O–H groups in total. The Labute approximate surface area is 162 Å². The van der Waals surface area contributed by atoms with Crippen LogP contribution in [0, 0.1) is 0 Å². The lowest BCUT2D eigenvalue weighted by molar-refractivity contribution is -0.137. The van der Waals surface area contributed by atoms with E-state index in [0.717, 1.165) is 10.5 Å². The molecule has 1 aliphatic heterocycles. The molecule has 144 valence electrons. The molecule has 1 aromatic carbocycles. The number of pyridine rings is 1. The first-order chi connectivity index (χ1) is 13.4. The van der Waals surface area contributed by atoms with Gasteiger partial charge in [-0.05, 0) is 35.9 Å². The van der Waals surface area contributed by atoms with Crippen molar-refractivity contribution in [3.63, 3.8) is 0 Å². The van der Waals surface area contributed by atoms with Gasteiger partial charge < -0.3 is 10.2 Å². The first-order valence-electron chi connectivity index (χ1n) is 8.77. The standard InChI is InChI=1S/C20H20N4O4/c1-13(25)22-16-5-7-17(8-6-16)24-19(27)10-18(20(24)28)23(14(2)26)12-15-4-3-9-21-11-15/h3-9,11,18H,10,12H2,1-2H3,(H,22,25).